The van der Waals surface area contributed by atoms with Crippen LogP contribution in [0.25, 0.3) is 11.1 Å². The van der Waals surface area contributed by atoms with Gasteiger partial charge in [-0.05, 0) is 35.1 Å². The van der Waals surface area contributed by atoms with Crippen LogP contribution in [0, 0.1) is 0 Å². The number of carbonyl (C=O) groups is 1. The topological polar surface area (TPSA) is 82.8 Å². The molecule has 1 aliphatic carbocycles. The van der Waals surface area contributed by atoms with E-state index in [4.69, 9.17) is 19.9 Å². The first-order valence-corrected chi connectivity index (χ1v) is 9.93. The van der Waals surface area contributed by atoms with E-state index >= 15 is 0 Å². The minimum atomic E-state index is -0.600. The molecule has 2 aromatic rings. The molecule has 29 heavy (non-hydrogen) atoms. The number of ether oxygens (including phenoxy) is 3. The average Bonchev–Trinajstić information content (AvgIpc) is 3.07. The molecule has 1 aliphatic rings. The van der Waals surface area contributed by atoms with Gasteiger partial charge in [0, 0.05) is 45.4 Å². The number of methoxy groups -OCH3 is 2. The van der Waals surface area contributed by atoms with Crippen LogP contribution in [-0.4, -0.2) is 52.2 Å². The number of fused-ring (bicyclic) bond motifs is 3. The number of alkyl carbamates (subject to hydrolysis) is 1. The lowest BCUT2D eigenvalue weighted by Gasteiger charge is -2.29. The smallest absolute Gasteiger partial charge is 0.407 e. The Kier molecular flexibility index (Phi) is 7.25. The standard InChI is InChI=1S/C23H30N2O4/c1-27-13-11-23(24,12-14-28-2)16-25-22(26)29-15-21-19-9-5-3-7-17(19)18-8-4-6-10-20(18)21/h3-10,21H,11-16,24H2,1-2H3,(H,25,26). The highest BCUT2D eigenvalue weighted by atomic mass is 16.5. The van der Waals surface area contributed by atoms with Gasteiger partial charge in [-0.25, -0.2) is 4.79 Å². The van der Waals surface area contributed by atoms with Crippen molar-refractivity contribution in [3.8, 4) is 11.1 Å². The first kappa shape index (κ1) is 21.3. The normalized spacial score (nSPS) is 13.1. The summed E-state index contributed by atoms with van der Waals surface area (Å²) in [5.74, 6) is 0.0396. The molecule has 1 amide bonds. The SMILES string of the molecule is COCCC(N)(CCOC)CNC(=O)OCC1c2ccccc2-c2ccccc21. The Bertz CT molecular complexity index is 771. The maximum atomic E-state index is 12.4. The van der Waals surface area contributed by atoms with E-state index in [-0.39, 0.29) is 12.5 Å². The fourth-order valence-corrected chi connectivity index (χ4v) is 3.81. The van der Waals surface area contributed by atoms with Crippen LogP contribution in [0.5, 0.6) is 0 Å². The first-order valence-electron chi connectivity index (χ1n) is 9.93. The highest BCUT2D eigenvalue weighted by Crippen LogP contribution is 2.44. The van der Waals surface area contributed by atoms with E-state index in [9.17, 15) is 4.79 Å². The van der Waals surface area contributed by atoms with Crippen molar-refractivity contribution in [3.63, 3.8) is 0 Å². The second-order valence-electron chi connectivity index (χ2n) is 7.53. The summed E-state index contributed by atoms with van der Waals surface area (Å²) in [5.41, 5.74) is 10.6. The van der Waals surface area contributed by atoms with E-state index in [1.165, 1.54) is 22.3 Å². The van der Waals surface area contributed by atoms with E-state index in [1.54, 1.807) is 14.2 Å². The van der Waals surface area contributed by atoms with Crippen molar-refractivity contribution < 1.29 is 19.0 Å². The van der Waals surface area contributed by atoms with Gasteiger partial charge in [-0.2, -0.15) is 0 Å². The minimum Gasteiger partial charge on any atom is -0.449 e. The predicted molar refractivity (Wildman–Crippen MR) is 113 cm³/mol. The zero-order valence-corrected chi connectivity index (χ0v) is 17.1. The predicted octanol–water partition coefficient (Wildman–Crippen LogP) is 3.30. The molecule has 0 unspecified atom stereocenters. The van der Waals surface area contributed by atoms with Crippen molar-refractivity contribution in [2.24, 2.45) is 5.73 Å². The zero-order valence-electron chi connectivity index (χ0n) is 17.1. The minimum absolute atomic E-state index is 0.0396. The fourth-order valence-electron chi connectivity index (χ4n) is 3.81. The molecule has 0 heterocycles. The molecule has 0 atom stereocenters. The van der Waals surface area contributed by atoms with E-state index in [1.807, 2.05) is 24.3 Å². The van der Waals surface area contributed by atoms with Crippen molar-refractivity contribution >= 4 is 6.09 Å². The van der Waals surface area contributed by atoms with Gasteiger partial charge in [0.15, 0.2) is 0 Å². The second-order valence-corrected chi connectivity index (χ2v) is 7.53. The van der Waals surface area contributed by atoms with Gasteiger partial charge in [0.2, 0.25) is 0 Å². The largest absolute Gasteiger partial charge is 0.449 e. The third-order valence-electron chi connectivity index (χ3n) is 5.54. The van der Waals surface area contributed by atoms with Gasteiger partial charge in [0.05, 0.1) is 0 Å². The number of carbonyl (C=O) groups excluding carboxylic acids is 1. The van der Waals surface area contributed by atoms with Crippen LogP contribution >= 0.6 is 0 Å². The van der Waals surface area contributed by atoms with Crippen LogP contribution < -0.4 is 11.1 Å². The first-order chi connectivity index (χ1) is 14.1. The molecule has 0 radical (unpaired) electrons. The van der Waals surface area contributed by atoms with E-state index in [0.29, 0.717) is 32.6 Å². The third-order valence-corrected chi connectivity index (χ3v) is 5.54. The molecular weight excluding hydrogens is 368 g/mol. The van der Waals surface area contributed by atoms with Crippen LogP contribution in [0.1, 0.15) is 29.9 Å². The lowest BCUT2D eigenvalue weighted by atomic mass is 9.93. The van der Waals surface area contributed by atoms with Crippen LogP contribution in [-0.2, 0) is 14.2 Å². The third kappa shape index (κ3) is 5.15. The summed E-state index contributed by atoms with van der Waals surface area (Å²) in [6.45, 7) is 1.63. The highest BCUT2D eigenvalue weighted by molar-refractivity contribution is 5.79. The molecule has 2 aromatic carbocycles. The highest BCUT2D eigenvalue weighted by Gasteiger charge is 2.30. The van der Waals surface area contributed by atoms with E-state index < -0.39 is 11.6 Å². The Morgan fingerprint density at radius 2 is 1.48 bits per heavy atom. The summed E-state index contributed by atoms with van der Waals surface area (Å²) in [4.78, 5) is 12.4. The molecule has 0 saturated heterocycles. The molecule has 0 aromatic heterocycles. The summed E-state index contributed by atoms with van der Waals surface area (Å²) < 4.78 is 15.9. The van der Waals surface area contributed by atoms with Gasteiger partial charge >= 0.3 is 6.09 Å². The summed E-state index contributed by atoms with van der Waals surface area (Å²) in [6, 6.07) is 16.5. The zero-order chi connectivity index (χ0) is 20.7. The van der Waals surface area contributed by atoms with Crippen LogP contribution in [0.2, 0.25) is 0 Å². The molecule has 0 saturated carbocycles. The Labute approximate surface area is 172 Å². The molecule has 6 heteroatoms. The number of nitrogens with two attached hydrogens (primary N) is 1. The molecule has 6 nitrogen and oxygen atoms in total. The number of rotatable bonds is 10. The molecule has 0 aliphatic heterocycles. The summed E-state index contributed by atoms with van der Waals surface area (Å²) in [6.07, 6.45) is 0.782. The quantitative estimate of drug-likeness (QED) is 0.642. The molecule has 3 rings (SSSR count). The lowest BCUT2D eigenvalue weighted by molar-refractivity contribution is 0.121. The van der Waals surface area contributed by atoms with Gasteiger partial charge in [0.25, 0.3) is 0 Å². The van der Waals surface area contributed by atoms with Crippen LogP contribution in [0.15, 0.2) is 48.5 Å². The molecule has 0 bridgehead atoms. The van der Waals surface area contributed by atoms with E-state index in [2.05, 4.69) is 29.6 Å². The maximum absolute atomic E-state index is 12.4. The number of nitrogens with one attached hydrogen (secondary N) is 1. The van der Waals surface area contributed by atoms with Crippen molar-refractivity contribution in [1.82, 2.24) is 5.32 Å². The Morgan fingerprint density at radius 3 is 2.00 bits per heavy atom. The molecule has 0 fully saturated rings. The van der Waals surface area contributed by atoms with Crippen molar-refractivity contribution in [2.45, 2.75) is 24.3 Å². The number of benzene rings is 2. The van der Waals surface area contributed by atoms with Crippen molar-refractivity contribution in [1.29, 1.82) is 0 Å². The lowest BCUT2D eigenvalue weighted by Crippen LogP contribution is -2.51. The number of amides is 1. The summed E-state index contributed by atoms with van der Waals surface area (Å²) in [5, 5.41) is 2.82. The van der Waals surface area contributed by atoms with Crippen molar-refractivity contribution in [2.75, 3.05) is 40.6 Å². The summed E-state index contributed by atoms with van der Waals surface area (Å²) >= 11 is 0. The molecule has 0 spiro atoms. The Hall–Kier alpha value is -2.41. The molecular formula is C23H30N2O4. The summed E-state index contributed by atoms with van der Waals surface area (Å²) in [7, 11) is 3.27. The number of hydrogen-bond donors (Lipinski definition) is 2. The Balaban J connectivity index is 1.59. The van der Waals surface area contributed by atoms with E-state index in [0.717, 1.165) is 0 Å². The van der Waals surface area contributed by atoms with Gasteiger partial charge in [-0.15, -0.1) is 0 Å². The second kappa shape index (κ2) is 9.87. The van der Waals surface area contributed by atoms with Gasteiger partial charge in [0.1, 0.15) is 6.61 Å². The van der Waals surface area contributed by atoms with Gasteiger partial charge < -0.3 is 25.3 Å². The van der Waals surface area contributed by atoms with Gasteiger partial charge in [-0.3, -0.25) is 0 Å². The van der Waals surface area contributed by atoms with Crippen LogP contribution in [0.3, 0.4) is 0 Å². The Morgan fingerprint density at radius 1 is 0.966 bits per heavy atom. The number of hydrogen-bond acceptors (Lipinski definition) is 5. The fraction of sp³-hybridized carbons (Fsp3) is 0.435. The van der Waals surface area contributed by atoms with Crippen LogP contribution in [0.4, 0.5) is 4.79 Å². The molecule has 3 N–H and O–H groups in total. The van der Waals surface area contributed by atoms with Gasteiger partial charge in [-0.1, -0.05) is 48.5 Å². The van der Waals surface area contributed by atoms with Crippen molar-refractivity contribution in [3.05, 3.63) is 59.7 Å². The monoisotopic (exact) mass is 398 g/mol. The maximum Gasteiger partial charge on any atom is 0.407 e. The average molecular weight is 399 g/mol. The molecule has 156 valence electrons.